The van der Waals surface area contributed by atoms with E-state index < -0.39 is 0 Å². The van der Waals surface area contributed by atoms with E-state index in [1.165, 1.54) is 11.3 Å². The average Bonchev–Trinajstić information content (AvgIpc) is 2.97. The molecule has 1 aromatic carbocycles. The van der Waals surface area contributed by atoms with Gasteiger partial charge in [-0.15, -0.1) is 0 Å². The van der Waals surface area contributed by atoms with Crippen molar-refractivity contribution >= 4 is 11.6 Å². The van der Waals surface area contributed by atoms with Crippen molar-refractivity contribution in [1.29, 1.82) is 0 Å². The summed E-state index contributed by atoms with van der Waals surface area (Å²) in [6.45, 7) is 6.26. The number of anilines is 1. The number of carbonyl (C=O) groups is 1. The van der Waals surface area contributed by atoms with E-state index in [9.17, 15) is 4.79 Å². The van der Waals surface area contributed by atoms with Crippen molar-refractivity contribution < 1.29 is 4.79 Å². The number of nitrogens with zero attached hydrogens (tertiary/aromatic N) is 2. The summed E-state index contributed by atoms with van der Waals surface area (Å²) in [5.41, 5.74) is 8.07. The van der Waals surface area contributed by atoms with E-state index in [0.717, 1.165) is 26.2 Å². The van der Waals surface area contributed by atoms with Gasteiger partial charge in [-0.25, -0.2) is 0 Å². The first-order valence-corrected chi connectivity index (χ1v) is 6.97. The van der Waals surface area contributed by atoms with Gasteiger partial charge in [0.15, 0.2) is 0 Å². The van der Waals surface area contributed by atoms with Crippen LogP contribution in [-0.4, -0.2) is 37.0 Å². The van der Waals surface area contributed by atoms with Crippen LogP contribution in [0.4, 0.5) is 5.69 Å². The highest BCUT2D eigenvalue weighted by molar-refractivity contribution is 5.73. The van der Waals surface area contributed by atoms with Crippen LogP contribution < -0.4 is 10.6 Å². The number of carbonyl (C=O) groups excluding carboxylic acids is 1. The van der Waals surface area contributed by atoms with Crippen LogP contribution in [0.5, 0.6) is 0 Å². The molecule has 2 aliphatic rings. The minimum atomic E-state index is 0.216. The average molecular weight is 259 g/mol. The van der Waals surface area contributed by atoms with E-state index in [2.05, 4.69) is 29.2 Å². The minimum Gasteiger partial charge on any atom is -0.371 e. The smallest absolute Gasteiger partial charge is 0.219 e. The Labute approximate surface area is 114 Å². The molecule has 2 heterocycles. The predicted octanol–water partition coefficient (Wildman–Crippen LogP) is 1.06. The van der Waals surface area contributed by atoms with Crippen LogP contribution in [0, 0.1) is 11.8 Å². The van der Waals surface area contributed by atoms with Gasteiger partial charge >= 0.3 is 0 Å². The third kappa shape index (κ3) is 2.32. The van der Waals surface area contributed by atoms with Crippen LogP contribution in [0.1, 0.15) is 12.5 Å². The molecule has 4 heteroatoms. The molecule has 3 rings (SSSR count). The van der Waals surface area contributed by atoms with Crippen LogP contribution in [0.25, 0.3) is 0 Å². The summed E-state index contributed by atoms with van der Waals surface area (Å²) in [5.74, 6) is 1.49. The number of benzene rings is 1. The molecule has 0 aromatic heterocycles. The van der Waals surface area contributed by atoms with Crippen molar-refractivity contribution in [2.75, 3.05) is 31.1 Å². The number of hydrogen-bond donors (Lipinski definition) is 1. The zero-order valence-corrected chi connectivity index (χ0v) is 11.4. The molecule has 1 amide bonds. The van der Waals surface area contributed by atoms with Crippen molar-refractivity contribution in [3.63, 3.8) is 0 Å². The zero-order chi connectivity index (χ0) is 13.4. The first-order valence-electron chi connectivity index (χ1n) is 6.97. The van der Waals surface area contributed by atoms with Gasteiger partial charge < -0.3 is 15.5 Å². The Morgan fingerprint density at radius 1 is 1.16 bits per heavy atom. The fourth-order valence-corrected chi connectivity index (χ4v) is 3.30. The van der Waals surface area contributed by atoms with Crippen molar-refractivity contribution in [1.82, 2.24) is 4.90 Å². The highest BCUT2D eigenvalue weighted by Crippen LogP contribution is 2.33. The molecule has 19 heavy (non-hydrogen) atoms. The Morgan fingerprint density at radius 2 is 1.74 bits per heavy atom. The Bertz CT molecular complexity index is 457. The van der Waals surface area contributed by atoms with Crippen molar-refractivity contribution in [3.8, 4) is 0 Å². The SMILES string of the molecule is CC(=O)N1C[C@@H]2CN(c3ccc(CN)cc3)C[C@@H]2C1. The van der Waals surface area contributed by atoms with Gasteiger partial charge in [0.25, 0.3) is 0 Å². The molecule has 2 atom stereocenters. The monoisotopic (exact) mass is 259 g/mol. The van der Waals surface area contributed by atoms with Gasteiger partial charge in [-0.05, 0) is 17.7 Å². The Morgan fingerprint density at radius 3 is 2.21 bits per heavy atom. The maximum absolute atomic E-state index is 11.4. The summed E-state index contributed by atoms with van der Waals surface area (Å²) in [4.78, 5) is 15.8. The molecule has 0 saturated carbocycles. The van der Waals surface area contributed by atoms with Crippen molar-refractivity contribution in [2.45, 2.75) is 13.5 Å². The summed E-state index contributed by atoms with van der Waals surface area (Å²) < 4.78 is 0. The molecular formula is C15H21N3O. The number of likely N-dealkylation sites (tertiary alicyclic amines) is 1. The second-order valence-corrected chi connectivity index (χ2v) is 5.72. The van der Waals surface area contributed by atoms with E-state index in [-0.39, 0.29) is 5.91 Å². The molecule has 0 radical (unpaired) electrons. The quantitative estimate of drug-likeness (QED) is 0.864. The number of amides is 1. The predicted molar refractivity (Wildman–Crippen MR) is 75.8 cm³/mol. The van der Waals surface area contributed by atoms with Crippen molar-refractivity contribution in [2.24, 2.45) is 17.6 Å². The number of rotatable bonds is 2. The first-order chi connectivity index (χ1) is 9.17. The molecular weight excluding hydrogens is 238 g/mol. The summed E-state index contributed by atoms with van der Waals surface area (Å²) in [6.07, 6.45) is 0. The second-order valence-electron chi connectivity index (χ2n) is 5.72. The molecule has 4 nitrogen and oxygen atoms in total. The lowest BCUT2D eigenvalue weighted by Crippen LogP contribution is -2.31. The largest absolute Gasteiger partial charge is 0.371 e. The Kier molecular flexibility index (Phi) is 3.19. The molecule has 1 aromatic rings. The zero-order valence-electron chi connectivity index (χ0n) is 11.4. The summed E-state index contributed by atoms with van der Waals surface area (Å²) in [6, 6.07) is 8.52. The molecule has 0 aliphatic carbocycles. The molecule has 2 N–H and O–H groups in total. The van der Waals surface area contributed by atoms with Gasteiger partial charge in [-0.2, -0.15) is 0 Å². The molecule has 2 fully saturated rings. The molecule has 2 saturated heterocycles. The van der Waals surface area contributed by atoms with Crippen LogP contribution >= 0.6 is 0 Å². The number of fused-ring (bicyclic) bond motifs is 1. The van der Waals surface area contributed by atoms with Gasteiger partial charge in [0.1, 0.15) is 0 Å². The second kappa shape index (κ2) is 4.85. The first kappa shape index (κ1) is 12.5. The lowest BCUT2D eigenvalue weighted by atomic mass is 10.0. The van der Waals surface area contributed by atoms with E-state index >= 15 is 0 Å². The third-order valence-corrected chi connectivity index (χ3v) is 4.47. The molecule has 2 aliphatic heterocycles. The Hall–Kier alpha value is -1.55. The van der Waals surface area contributed by atoms with E-state index in [1.54, 1.807) is 6.92 Å². The molecule has 0 unspecified atom stereocenters. The number of hydrogen-bond acceptors (Lipinski definition) is 3. The van der Waals surface area contributed by atoms with Crippen LogP contribution in [0.3, 0.4) is 0 Å². The standard InChI is InChI=1S/C15H21N3O/c1-11(19)17-7-13-9-18(10-14(13)8-17)15-4-2-12(6-16)3-5-15/h2-5,13-14H,6-10,16H2,1H3/t13-,14+. The van der Waals surface area contributed by atoms with Gasteiger partial charge in [0.05, 0.1) is 0 Å². The van der Waals surface area contributed by atoms with E-state index in [4.69, 9.17) is 5.73 Å². The van der Waals surface area contributed by atoms with Gasteiger partial charge in [-0.1, -0.05) is 12.1 Å². The van der Waals surface area contributed by atoms with Crippen LogP contribution in [0.15, 0.2) is 24.3 Å². The third-order valence-electron chi connectivity index (χ3n) is 4.47. The number of nitrogens with two attached hydrogens (primary N) is 1. The minimum absolute atomic E-state index is 0.216. The van der Waals surface area contributed by atoms with Crippen molar-refractivity contribution in [3.05, 3.63) is 29.8 Å². The fraction of sp³-hybridized carbons (Fsp3) is 0.533. The lowest BCUT2D eigenvalue weighted by molar-refractivity contribution is -0.128. The maximum atomic E-state index is 11.4. The summed E-state index contributed by atoms with van der Waals surface area (Å²) in [7, 11) is 0. The molecule has 0 bridgehead atoms. The van der Waals surface area contributed by atoms with Crippen LogP contribution in [0.2, 0.25) is 0 Å². The topological polar surface area (TPSA) is 49.6 Å². The van der Waals surface area contributed by atoms with Gasteiger partial charge in [0.2, 0.25) is 5.91 Å². The molecule has 102 valence electrons. The lowest BCUT2D eigenvalue weighted by Gasteiger charge is -2.22. The normalized spacial score (nSPS) is 25.8. The highest BCUT2D eigenvalue weighted by Gasteiger charge is 2.40. The van der Waals surface area contributed by atoms with Gasteiger partial charge in [0, 0.05) is 57.2 Å². The fourth-order valence-electron chi connectivity index (χ4n) is 3.30. The van der Waals surface area contributed by atoms with E-state index in [0.29, 0.717) is 18.4 Å². The van der Waals surface area contributed by atoms with Gasteiger partial charge in [-0.3, -0.25) is 4.79 Å². The summed E-state index contributed by atoms with van der Waals surface area (Å²) >= 11 is 0. The highest BCUT2D eigenvalue weighted by atomic mass is 16.2. The molecule has 0 spiro atoms. The van der Waals surface area contributed by atoms with Crippen LogP contribution in [-0.2, 0) is 11.3 Å². The van der Waals surface area contributed by atoms with E-state index in [1.807, 2.05) is 4.90 Å². The maximum Gasteiger partial charge on any atom is 0.219 e. The Balaban J connectivity index is 1.66. The summed E-state index contributed by atoms with van der Waals surface area (Å²) in [5, 5.41) is 0.